The van der Waals surface area contributed by atoms with Crippen molar-refractivity contribution in [1.82, 2.24) is 4.98 Å². The highest BCUT2D eigenvalue weighted by Gasteiger charge is 2.34. The van der Waals surface area contributed by atoms with Gasteiger partial charge in [0.05, 0.1) is 16.9 Å². The Hall–Kier alpha value is -2.23. The zero-order valence-corrected chi connectivity index (χ0v) is 13.1. The first-order chi connectivity index (χ1) is 11.6. The van der Waals surface area contributed by atoms with E-state index in [1.807, 2.05) is 0 Å². The van der Waals surface area contributed by atoms with Crippen LogP contribution in [-0.2, 0) is 17.1 Å². The lowest BCUT2D eigenvalue weighted by molar-refractivity contribution is -0.140. The largest absolute Gasteiger partial charge is 0.419 e. The molecular weight excluding hydrogens is 370 g/mol. The zero-order chi connectivity index (χ0) is 18.7. The number of alkyl halides is 6. The van der Waals surface area contributed by atoms with Gasteiger partial charge in [0.15, 0.2) is 0 Å². The number of hydrogen-bond acceptors (Lipinski definition) is 3. The van der Waals surface area contributed by atoms with Crippen molar-refractivity contribution < 1.29 is 31.1 Å². The molecule has 3 nitrogen and oxygen atoms in total. The lowest BCUT2D eigenvalue weighted by atomic mass is 10.2. The zero-order valence-electron chi connectivity index (χ0n) is 12.3. The van der Waals surface area contributed by atoms with Gasteiger partial charge in [-0.3, -0.25) is 4.79 Å². The molecule has 0 radical (unpaired) electrons. The van der Waals surface area contributed by atoms with Crippen LogP contribution < -0.4 is 5.32 Å². The summed E-state index contributed by atoms with van der Waals surface area (Å²) in [5, 5.41) is 1.96. The van der Waals surface area contributed by atoms with Crippen molar-refractivity contribution in [3.05, 3.63) is 53.7 Å². The van der Waals surface area contributed by atoms with Crippen molar-refractivity contribution >= 4 is 23.4 Å². The first kappa shape index (κ1) is 19.1. The number of benzene rings is 1. The quantitative estimate of drug-likeness (QED) is 0.609. The van der Waals surface area contributed by atoms with Crippen LogP contribution in [0.5, 0.6) is 0 Å². The highest BCUT2D eigenvalue weighted by Crippen LogP contribution is 2.35. The summed E-state index contributed by atoms with van der Waals surface area (Å²) >= 11 is 0.586. The van der Waals surface area contributed by atoms with Crippen LogP contribution in [0.25, 0.3) is 0 Å². The Kier molecular flexibility index (Phi) is 5.61. The predicted molar refractivity (Wildman–Crippen MR) is 80.0 cm³/mol. The van der Waals surface area contributed by atoms with Gasteiger partial charge in [0, 0.05) is 11.9 Å². The molecule has 0 spiro atoms. The van der Waals surface area contributed by atoms with E-state index in [1.54, 1.807) is 0 Å². The van der Waals surface area contributed by atoms with Crippen molar-refractivity contribution in [2.75, 3.05) is 11.1 Å². The van der Waals surface area contributed by atoms with Crippen LogP contribution in [0.15, 0.2) is 47.6 Å². The SMILES string of the molecule is O=C(CSc1ncccc1C(F)(F)F)Nc1ccc(C(F)(F)F)cc1. The van der Waals surface area contributed by atoms with E-state index in [9.17, 15) is 31.1 Å². The predicted octanol–water partition coefficient (Wildman–Crippen LogP) is 4.85. The maximum absolute atomic E-state index is 12.8. The Morgan fingerprint density at radius 3 is 2.20 bits per heavy atom. The molecule has 2 rings (SSSR count). The summed E-state index contributed by atoms with van der Waals surface area (Å²) in [6.45, 7) is 0. The average molecular weight is 380 g/mol. The van der Waals surface area contributed by atoms with E-state index in [1.165, 1.54) is 6.20 Å². The lowest BCUT2D eigenvalue weighted by Crippen LogP contribution is -2.15. The molecule has 0 aliphatic rings. The molecule has 0 unspecified atom stereocenters. The van der Waals surface area contributed by atoms with Crippen molar-refractivity contribution in [3.8, 4) is 0 Å². The molecule has 0 aliphatic carbocycles. The first-order valence-electron chi connectivity index (χ1n) is 6.69. The maximum atomic E-state index is 12.8. The van der Waals surface area contributed by atoms with Gasteiger partial charge < -0.3 is 5.32 Å². The van der Waals surface area contributed by atoms with Crippen LogP contribution in [-0.4, -0.2) is 16.6 Å². The van der Waals surface area contributed by atoms with Gasteiger partial charge in [-0.1, -0.05) is 11.8 Å². The normalized spacial score (nSPS) is 12.1. The van der Waals surface area contributed by atoms with Crippen LogP contribution in [0.1, 0.15) is 11.1 Å². The molecule has 1 aromatic carbocycles. The second-order valence-electron chi connectivity index (χ2n) is 4.77. The molecule has 0 bridgehead atoms. The molecule has 0 atom stereocenters. The number of nitrogens with one attached hydrogen (secondary N) is 1. The van der Waals surface area contributed by atoms with E-state index in [4.69, 9.17) is 0 Å². The highest BCUT2D eigenvalue weighted by atomic mass is 32.2. The molecule has 10 heteroatoms. The third-order valence-electron chi connectivity index (χ3n) is 2.91. The Balaban J connectivity index is 1.98. The Labute approximate surface area is 142 Å². The number of pyridine rings is 1. The van der Waals surface area contributed by atoms with Gasteiger partial charge in [-0.05, 0) is 36.4 Å². The number of halogens is 6. The molecule has 0 fully saturated rings. The fraction of sp³-hybridized carbons (Fsp3) is 0.200. The number of carbonyl (C=O) groups is 1. The van der Waals surface area contributed by atoms with Gasteiger partial charge in [0.2, 0.25) is 5.91 Å². The van der Waals surface area contributed by atoms with Crippen molar-refractivity contribution in [3.63, 3.8) is 0 Å². The number of amides is 1. The molecule has 1 heterocycles. The topological polar surface area (TPSA) is 42.0 Å². The van der Waals surface area contributed by atoms with Gasteiger partial charge in [-0.2, -0.15) is 26.3 Å². The minimum absolute atomic E-state index is 0.107. The van der Waals surface area contributed by atoms with E-state index in [0.717, 1.165) is 36.4 Å². The minimum Gasteiger partial charge on any atom is -0.325 e. The summed E-state index contributed by atoms with van der Waals surface area (Å²) in [5.74, 6) is -1.04. The van der Waals surface area contributed by atoms with E-state index < -0.39 is 29.4 Å². The number of hydrogen-bond donors (Lipinski definition) is 1. The third-order valence-corrected chi connectivity index (χ3v) is 3.92. The molecule has 1 N–H and O–H groups in total. The maximum Gasteiger partial charge on any atom is 0.419 e. The monoisotopic (exact) mass is 380 g/mol. The fourth-order valence-electron chi connectivity index (χ4n) is 1.80. The van der Waals surface area contributed by atoms with Crippen molar-refractivity contribution in [2.45, 2.75) is 17.4 Å². The van der Waals surface area contributed by atoms with Crippen LogP contribution >= 0.6 is 11.8 Å². The summed E-state index contributed by atoms with van der Waals surface area (Å²) in [7, 11) is 0. The van der Waals surface area contributed by atoms with E-state index >= 15 is 0 Å². The Morgan fingerprint density at radius 2 is 1.64 bits per heavy atom. The minimum atomic E-state index is -4.60. The van der Waals surface area contributed by atoms with Crippen LogP contribution in [0.3, 0.4) is 0 Å². The van der Waals surface area contributed by atoms with Crippen LogP contribution in [0.2, 0.25) is 0 Å². The van der Waals surface area contributed by atoms with E-state index in [0.29, 0.717) is 11.8 Å². The summed E-state index contributed by atoms with van der Waals surface area (Å²) in [4.78, 5) is 15.4. The lowest BCUT2D eigenvalue weighted by Gasteiger charge is -2.11. The fourth-order valence-corrected chi connectivity index (χ4v) is 2.61. The standard InChI is InChI=1S/C15H10F6N2OS/c16-14(17,18)9-3-5-10(6-4-9)23-12(24)8-25-13-11(15(19,20)21)2-1-7-22-13/h1-7H,8H2,(H,23,24). The molecule has 2 aromatic rings. The number of aromatic nitrogens is 1. The van der Waals surface area contributed by atoms with Crippen LogP contribution in [0.4, 0.5) is 32.0 Å². The Bertz CT molecular complexity index is 743. The molecule has 134 valence electrons. The molecule has 25 heavy (non-hydrogen) atoms. The smallest absolute Gasteiger partial charge is 0.325 e. The Morgan fingerprint density at radius 1 is 1.00 bits per heavy atom. The number of thioether (sulfide) groups is 1. The highest BCUT2D eigenvalue weighted by molar-refractivity contribution is 8.00. The molecule has 1 aromatic heterocycles. The molecule has 0 aliphatic heterocycles. The van der Waals surface area contributed by atoms with Gasteiger partial charge >= 0.3 is 12.4 Å². The van der Waals surface area contributed by atoms with Gasteiger partial charge in [0.25, 0.3) is 0 Å². The third kappa shape index (κ3) is 5.38. The van der Waals surface area contributed by atoms with Gasteiger partial charge in [-0.25, -0.2) is 4.98 Å². The van der Waals surface area contributed by atoms with E-state index in [-0.39, 0.29) is 16.5 Å². The van der Waals surface area contributed by atoms with E-state index in [2.05, 4.69) is 10.3 Å². The molecule has 0 saturated heterocycles. The number of carbonyl (C=O) groups excluding carboxylic acids is 1. The number of rotatable bonds is 4. The van der Waals surface area contributed by atoms with Crippen LogP contribution in [0, 0.1) is 0 Å². The van der Waals surface area contributed by atoms with Crippen molar-refractivity contribution in [1.29, 1.82) is 0 Å². The summed E-state index contributed by atoms with van der Waals surface area (Å²) in [5.41, 5.74) is -1.72. The van der Waals surface area contributed by atoms with Gasteiger partial charge in [-0.15, -0.1) is 0 Å². The molecule has 1 amide bonds. The van der Waals surface area contributed by atoms with Crippen molar-refractivity contribution in [2.24, 2.45) is 0 Å². The summed E-state index contributed by atoms with van der Waals surface area (Å²) < 4.78 is 75.7. The molecule has 0 saturated carbocycles. The number of nitrogens with zero attached hydrogens (tertiary/aromatic N) is 1. The average Bonchev–Trinajstić information content (AvgIpc) is 2.52. The number of anilines is 1. The summed E-state index contributed by atoms with van der Waals surface area (Å²) in [6, 6.07) is 5.70. The molecular formula is C15H10F6N2OS. The first-order valence-corrected chi connectivity index (χ1v) is 7.68. The van der Waals surface area contributed by atoms with Gasteiger partial charge in [0.1, 0.15) is 5.03 Å². The summed E-state index contributed by atoms with van der Waals surface area (Å²) in [6.07, 6.45) is -7.92. The second-order valence-corrected chi connectivity index (χ2v) is 5.73. The second kappa shape index (κ2) is 7.34.